The Morgan fingerprint density at radius 2 is 1.96 bits per heavy atom. The standard InChI is InChI=1S/C19H19ClF3N3O/c1-26-16(27)9-13(17(26)12-5-3-2-4-6-12)10-24-11-14-15(19(21,22)23)7-8-25-18(14)20/h2-8,13,17,24H,9-11H2,1H3/t13-,17-/m1/s1. The number of benzene rings is 1. The van der Waals surface area contributed by atoms with Crippen molar-refractivity contribution in [3.63, 3.8) is 0 Å². The Labute approximate surface area is 160 Å². The summed E-state index contributed by atoms with van der Waals surface area (Å²) in [4.78, 5) is 17.6. The molecule has 1 aromatic carbocycles. The lowest BCUT2D eigenvalue weighted by molar-refractivity contribution is -0.138. The first-order chi connectivity index (χ1) is 12.8. The Morgan fingerprint density at radius 1 is 1.26 bits per heavy atom. The van der Waals surface area contributed by atoms with E-state index in [-0.39, 0.29) is 35.1 Å². The summed E-state index contributed by atoms with van der Waals surface area (Å²) in [5.74, 6) is -0.0271. The molecule has 1 N–H and O–H groups in total. The van der Waals surface area contributed by atoms with Gasteiger partial charge < -0.3 is 10.2 Å². The van der Waals surface area contributed by atoms with Crippen molar-refractivity contribution in [3.05, 3.63) is 64.4 Å². The number of amides is 1. The highest BCUT2D eigenvalue weighted by Gasteiger charge is 2.38. The molecule has 0 bridgehead atoms. The van der Waals surface area contributed by atoms with Crippen LogP contribution in [0.4, 0.5) is 13.2 Å². The van der Waals surface area contributed by atoms with Gasteiger partial charge in [0.1, 0.15) is 5.15 Å². The summed E-state index contributed by atoms with van der Waals surface area (Å²) in [5.41, 5.74) is 0.128. The molecule has 0 saturated carbocycles. The van der Waals surface area contributed by atoms with Gasteiger partial charge in [-0.25, -0.2) is 4.98 Å². The van der Waals surface area contributed by atoms with E-state index in [4.69, 9.17) is 11.6 Å². The zero-order chi connectivity index (χ0) is 19.6. The molecule has 8 heteroatoms. The lowest BCUT2D eigenvalue weighted by atomic mass is 9.93. The maximum absolute atomic E-state index is 13.2. The summed E-state index contributed by atoms with van der Waals surface area (Å²) in [7, 11) is 1.75. The van der Waals surface area contributed by atoms with Crippen LogP contribution in [0.1, 0.15) is 29.2 Å². The molecular formula is C19H19ClF3N3O. The van der Waals surface area contributed by atoms with Gasteiger partial charge in [0.25, 0.3) is 0 Å². The van der Waals surface area contributed by atoms with Crippen LogP contribution in [0.15, 0.2) is 42.6 Å². The molecule has 2 atom stereocenters. The van der Waals surface area contributed by atoms with Crippen LogP contribution >= 0.6 is 11.6 Å². The highest BCUT2D eigenvalue weighted by Crippen LogP contribution is 2.37. The molecule has 1 saturated heterocycles. The normalized spacial score (nSPS) is 20.3. The maximum atomic E-state index is 13.2. The second-order valence-electron chi connectivity index (χ2n) is 6.58. The average Bonchev–Trinajstić information content (AvgIpc) is 2.90. The molecule has 1 amide bonds. The van der Waals surface area contributed by atoms with Crippen molar-refractivity contribution in [1.82, 2.24) is 15.2 Å². The molecule has 0 unspecified atom stereocenters. The zero-order valence-electron chi connectivity index (χ0n) is 14.6. The van der Waals surface area contributed by atoms with Crippen molar-refractivity contribution in [2.24, 2.45) is 5.92 Å². The Balaban J connectivity index is 1.73. The van der Waals surface area contributed by atoms with E-state index in [0.717, 1.165) is 17.8 Å². The van der Waals surface area contributed by atoms with Crippen molar-refractivity contribution in [3.8, 4) is 0 Å². The van der Waals surface area contributed by atoms with Crippen LogP contribution in [0.25, 0.3) is 0 Å². The first kappa shape index (κ1) is 19.6. The largest absolute Gasteiger partial charge is 0.416 e. The number of alkyl halides is 3. The van der Waals surface area contributed by atoms with Gasteiger partial charge in [-0.1, -0.05) is 41.9 Å². The van der Waals surface area contributed by atoms with Crippen LogP contribution < -0.4 is 5.32 Å². The van der Waals surface area contributed by atoms with E-state index in [1.807, 2.05) is 30.3 Å². The number of pyridine rings is 1. The van der Waals surface area contributed by atoms with Crippen molar-refractivity contribution >= 4 is 17.5 Å². The molecule has 1 aliphatic rings. The zero-order valence-corrected chi connectivity index (χ0v) is 15.4. The van der Waals surface area contributed by atoms with Gasteiger partial charge in [-0.15, -0.1) is 0 Å². The quantitative estimate of drug-likeness (QED) is 0.774. The smallest absolute Gasteiger partial charge is 0.338 e. The van der Waals surface area contributed by atoms with E-state index >= 15 is 0 Å². The fourth-order valence-electron chi connectivity index (χ4n) is 3.56. The number of nitrogens with zero attached hydrogens (tertiary/aromatic N) is 2. The highest BCUT2D eigenvalue weighted by atomic mass is 35.5. The molecule has 27 heavy (non-hydrogen) atoms. The predicted molar refractivity (Wildman–Crippen MR) is 96.0 cm³/mol. The Bertz CT molecular complexity index is 814. The fourth-order valence-corrected chi connectivity index (χ4v) is 3.79. The minimum Gasteiger partial charge on any atom is -0.338 e. The molecule has 4 nitrogen and oxygen atoms in total. The molecular weight excluding hydrogens is 379 g/mol. The third kappa shape index (κ3) is 4.25. The van der Waals surface area contributed by atoms with E-state index in [0.29, 0.717) is 13.0 Å². The van der Waals surface area contributed by atoms with Gasteiger partial charge in [-0.3, -0.25) is 4.79 Å². The van der Waals surface area contributed by atoms with E-state index in [1.54, 1.807) is 11.9 Å². The van der Waals surface area contributed by atoms with E-state index < -0.39 is 11.7 Å². The van der Waals surface area contributed by atoms with Crippen LogP contribution in [0.2, 0.25) is 5.15 Å². The first-order valence-corrected chi connectivity index (χ1v) is 8.88. The molecule has 0 radical (unpaired) electrons. The molecule has 0 aliphatic carbocycles. The number of likely N-dealkylation sites (tertiary alicyclic amines) is 1. The molecule has 1 fully saturated rings. The van der Waals surface area contributed by atoms with Gasteiger partial charge in [0.15, 0.2) is 0 Å². The van der Waals surface area contributed by atoms with E-state index in [2.05, 4.69) is 10.3 Å². The lowest BCUT2D eigenvalue weighted by Crippen LogP contribution is -2.29. The summed E-state index contributed by atoms with van der Waals surface area (Å²) < 4.78 is 39.5. The number of halogens is 4. The van der Waals surface area contributed by atoms with Crippen LogP contribution in [-0.4, -0.2) is 29.4 Å². The molecule has 3 rings (SSSR count). The predicted octanol–water partition coefficient (Wildman–Crippen LogP) is 4.06. The SMILES string of the molecule is CN1C(=O)C[C@H](CNCc2c(C(F)(F)F)ccnc2Cl)[C@H]1c1ccccc1. The van der Waals surface area contributed by atoms with Crippen molar-refractivity contribution < 1.29 is 18.0 Å². The topological polar surface area (TPSA) is 45.2 Å². The van der Waals surface area contributed by atoms with Crippen molar-refractivity contribution in [2.45, 2.75) is 25.2 Å². The summed E-state index contributed by atoms with van der Waals surface area (Å²) in [6.07, 6.45) is -3.11. The number of hydrogen-bond donors (Lipinski definition) is 1. The van der Waals surface area contributed by atoms with Gasteiger partial charge >= 0.3 is 6.18 Å². The van der Waals surface area contributed by atoms with Crippen LogP contribution in [0, 0.1) is 5.92 Å². The van der Waals surface area contributed by atoms with Gasteiger partial charge in [0, 0.05) is 44.2 Å². The Hall–Kier alpha value is -2.12. The van der Waals surface area contributed by atoms with Gasteiger partial charge in [0.05, 0.1) is 11.6 Å². The molecule has 1 aliphatic heterocycles. The number of aromatic nitrogens is 1. The van der Waals surface area contributed by atoms with Gasteiger partial charge in [-0.05, 0) is 11.6 Å². The third-order valence-corrected chi connectivity index (χ3v) is 5.18. The lowest BCUT2D eigenvalue weighted by Gasteiger charge is -2.26. The fraction of sp³-hybridized carbons (Fsp3) is 0.368. The summed E-state index contributed by atoms with van der Waals surface area (Å²) in [6.45, 7) is 0.315. The summed E-state index contributed by atoms with van der Waals surface area (Å²) in [6, 6.07) is 10.4. The molecule has 2 aromatic rings. The van der Waals surface area contributed by atoms with Gasteiger partial charge in [0.2, 0.25) is 5.91 Å². The average molecular weight is 398 g/mol. The second kappa shape index (κ2) is 7.86. The number of hydrogen-bond acceptors (Lipinski definition) is 3. The van der Waals surface area contributed by atoms with E-state index in [9.17, 15) is 18.0 Å². The highest BCUT2D eigenvalue weighted by molar-refractivity contribution is 6.30. The Kier molecular flexibility index (Phi) is 5.72. The van der Waals surface area contributed by atoms with Crippen LogP contribution in [0.3, 0.4) is 0 Å². The van der Waals surface area contributed by atoms with Crippen LogP contribution in [0.5, 0.6) is 0 Å². The van der Waals surface area contributed by atoms with E-state index in [1.165, 1.54) is 0 Å². The van der Waals surface area contributed by atoms with Crippen molar-refractivity contribution in [2.75, 3.05) is 13.6 Å². The molecule has 2 heterocycles. The molecule has 1 aromatic heterocycles. The maximum Gasteiger partial charge on any atom is 0.416 e. The summed E-state index contributed by atoms with van der Waals surface area (Å²) >= 11 is 5.89. The Morgan fingerprint density at radius 3 is 2.63 bits per heavy atom. The third-order valence-electron chi connectivity index (χ3n) is 4.85. The second-order valence-corrected chi connectivity index (χ2v) is 6.94. The minimum atomic E-state index is -4.50. The van der Waals surface area contributed by atoms with Crippen LogP contribution in [-0.2, 0) is 17.5 Å². The number of rotatable bonds is 5. The van der Waals surface area contributed by atoms with Crippen molar-refractivity contribution in [1.29, 1.82) is 0 Å². The monoisotopic (exact) mass is 397 g/mol. The minimum absolute atomic E-state index is 0.0195. The molecule has 0 spiro atoms. The van der Waals surface area contributed by atoms with Gasteiger partial charge in [-0.2, -0.15) is 13.2 Å². The first-order valence-electron chi connectivity index (χ1n) is 8.51. The number of carbonyl (C=O) groups excluding carboxylic acids is 1. The molecule has 144 valence electrons. The summed E-state index contributed by atoms with van der Waals surface area (Å²) in [5, 5.41) is 2.86. The number of nitrogens with one attached hydrogen (secondary N) is 1. The number of carbonyl (C=O) groups is 1.